The van der Waals surface area contributed by atoms with Crippen LogP contribution in [0.15, 0.2) is 84.9 Å². The van der Waals surface area contributed by atoms with Gasteiger partial charge in [0, 0.05) is 11.8 Å². The Bertz CT molecular complexity index is 1180. The first kappa shape index (κ1) is 17.3. The Balaban J connectivity index is 1.83. The third-order valence-corrected chi connectivity index (χ3v) is 7.14. The lowest BCUT2D eigenvalue weighted by atomic mass is 9.70. The van der Waals surface area contributed by atoms with Crippen LogP contribution in [-0.2, 0) is 17.2 Å². The van der Waals surface area contributed by atoms with E-state index in [0.29, 0.717) is 11.8 Å². The van der Waals surface area contributed by atoms with Crippen LogP contribution in [0.25, 0.3) is 22.3 Å². The standard InChI is InChI=1S/C27H18Cl2/c28-15-17-9-11-21-22-12-10-18(16-29)14-26(22)27(25(21)13-17)23-7-3-1-5-19(23)20-6-2-4-8-24(20)27/h1-14H,15-16H2. The van der Waals surface area contributed by atoms with Crippen LogP contribution in [0.3, 0.4) is 0 Å². The van der Waals surface area contributed by atoms with Crippen molar-refractivity contribution >= 4 is 23.2 Å². The Hall–Kier alpha value is -2.54. The predicted molar refractivity (Wildman–Crippen MR) is 122 cm³/mol. The Morgan fingerprint density at radius 3 is 1.34 bits per heavy atom. The van der Waals surface area contributed by atoms with Gasteiger partial charge in [0.15, 0.2) is 0 Å². The number of hydrogen-bond donors (Lipinski definition) is 0. The summed E-state index contributed by atoms with van der Waals surface area (Å²) < 4.78 is 0. The molecule has 0 saturated carbocycles. The molecule has 1 spiro atoms. The van der Waals surface area contributed by atoms with Crippen LogP contribution in [0.5, 0.6) is 0 Å². The molecule has 0 unspecified atom stereocenters. The third-order valence-electron chi connectivity index (χ3n) is 6.53. The summed E-state index contributed by atoms with van der Waals surface area (Å²) in [6.07, 6.45) is 0. The Kier molecular flexibility index (Phi) is 3.72. The van der Waals surface area contributed by atoms with Crippen molar-refractivity contribution in [2.45, 2.75) is 17.2 Å². The normalized spacial score (nSPS) is 14.4. The van der Waals surface area contributed by atoms with E-state index >= 15 is 0 Å². The lowest BCUT2D eigenvalue weighted by Gasteiger charge is -2.31. The summed E-state index contributed by atoms with van der Waals surface area (Å²) in [6, 6.07) is 31.0. The molecule has 0 amide bonds. The van der Waals surface area contributed by atoms with Crippen molar-refractivity contribution in [1.29, 1.82) is 0 Å². The fraction of sp³-hybridized carbons (Fsp3) is 0.111. The highest BCUT2D eigenvalue weighted by molar-refractivity contribution is 6.17. The van der Waals surface area contributed by atoms with Crippen LogP contribution in [0, 0.1) is 0 Å². The molecule has 4 aromatic rings. The molecule has 0 aromatic heterocycles. The smallest absolute Gasteiger partial charge is 0.0725 e. The molecule has 0 fully saturated rings. The van der Waals surface area contributed by atoms with E-state index in [2.05, 4.69) is 84.9 Å². The first-order valence-corrected chi connectivity index (χ1v) is 10.9. The molecule has 2 aliphatic rings. The first-order chi connectivity index (χ1) is 14.3. The van der Waals surface area contributed by atoms with Crippen LogP contribution in [-0.4, -0.2) is 0 Å². The summed E-state index contributed by atoms with van der Waals surface area (Å²) in [5, 5.41) is 0. The fourth-order valence-electron chi connectivity index (χ4n) is 5.40. The number of rotatable bonds is 2. The maximum atomic E-state index is 6.27. The van der Waals surface area contributed by atoms with Gasteiger partial charge in [0.25, 0.3) is 0 Å². The lowest BCUT2D eigenvalue weighted by molar-refractivity contribution is 0.791. The first-order valence-electron chi connectivity index (χ1n) is 9.87. The molecule has 0 N–H and O–H groups in total. The second kappa shape index (κ2) is 6.23. The van der Waals surface area contributed by atoms with Gasteiger partial charge in [-0.3, -0.25) is 0 Å². The van der Waals surface area contributed by atoms with Gasteiger partial charge in [-0.25, -0.2) is 0 Å². The zero-order valence-electron chi connectivity index (χ0n) is 15.8. The monoisotopic (exact) mass is 412 g/mol. The highest BCUT2D eigenvalue weighted by atomic mass is 35.5. The van der Waals surface area contributed by atoms with Gasteiger partial charge in [-0.05, 0) is 55.6 Å². The van der Waals surface area contributed by atoms with E-state index in [4.69, 9.17) is 23.2 Å². The topological polar surface area (TPSA) is 0 Å². The van der Waals surface area contributed by atoms with Crippen molar-refractivity contribution in [1.82, 2.24) is 0 Å². The van der Waals surface area contributed by atoms with Crippen LogP contribution < -0.4 is 0 Å². The zero-order valence-corrected chi connectivity index (χ0v) is 17.3. The maximum absolute atomic E-state index is 6.27. The molecule has 0 nitrogen and oxygen atoms in total. The molecule has 0 saturated heterocycles. The Morgan fingerprint density at radius 2 is 0.897 bits per heavy atom. The van der Waals surface area contributed by atoms with E-state index in [0.717, 1.165) is 11.1 Å². The molecule has 0 atom stereocenters. The SMILES string of the molecule is ClCc1ccc2c(c1)C1(c3ccccc3-c3ccccc31)c1cc(CCl)ccc1-2. The summed E-state index contributed by atoms with van der Waals surface area (Å²) in [5.74, 6) is 1.02. The fourth-order valence-corrected chi connectivity index (χ4v) is 5.73. The minimum absolute atomic E-state index is 0.317. The van der Waals surface area contributed by atoms with Crippen LogP contribution in [0.1, 0.15) is 33.4 Å². The summed E-state index contributed by atoms with van der Waals surface area (Å²) in [4.78, 5) is 0. The number of benzene rings is 4. The second-order valence-electron chi connectivity index (χ2n) is 7.87. The van der Waals surface area contributed by atoms with Gasteiger partial charge in [-0.15, -0.1) is 23.2 Å². The van der Waals surface area contributed by atoms with Crippen molar-refractivity contribution < 1.29 is 0 Å². The molecule has 29 heavy (non-hydrogen) atoms. The van der Waals surface area contributed by atoms with Crippen LogP contribution >= 0.6 is 23.2 Å². The molecule has 4 aromatic carbocycles. The summed E-state index contributed by atoms with van der Waals surface area (Å²) in [5.41, 5.74) is 12.5. The van der Waals surface area contributed by atoms with Gasteiger partial charge >= 0.3 is 0 Å². The second-order valence-corrected chi connectivity index (χ2v) is 8.40. The van der Waals surface area contributed by atoms with Gasteiger partial charge in [0.1, 0.15) is 0 Å². The minimum Gasteiger partial charge on any atom is -0.122 e. The largest absolute Gasteiger partial charge is 0.122 e. The van der Waals surface area contributed by atoms with Gasteiger partial charge in [0.05, 0.1) is 5.41 Å². The van der Waals surface area contributed by atoms with Crippen molar-refractivity contribution in [3.05, 3.63) is 118 Å². The zero-order chi connectivity index (χ0) is 19.6. The number of halogens is 2. The molecule has 0 bridgehead atoms. The lowest BCUT2D eigenvalue weighted by Crippen LogP contribution is -2.26. The molecule has 0 radical (unpaired) electrons. The summed E-state index contributed by atoms with van der Waals surface area (Å²) in [7, 11) is 0. The predicted octanol–water partition coefficient (Wildman–Crippen LogP) is 7.51. The molecule has 2 aliphatic carbocycles. The minimum atomic E-state index is -0.317. The van der Waals surface area contributed by atoms with Gasteiger partial charge in [-0.2, -0.15) is 0 Å². The van der Waals surface area contributed by atoms with E-state index in [-0.39, 0.29) is 5.41 Å². The van der Waals surface area contributed by atoms with Crippen molar-refractivity contribution in [3.63, 3.8) is 0 Å². The van der Waals surface area contributed by atoms with Gasteiger partial charge in [-0.1, -0.05) is 84.9 Å². The number of fused-ring (bicyclic) bond motifs is 10. The summed E-state index contributed by atoms with van der Waals surface area (Å²) >= 11 is 12.5. The van der Waals surface area contributed by atoms with Crippen molar-refractivity contribution in [3.8, 4) is 22.3 Å². The van der Waals surface area contributed by atoms with Crippen LogP contribution in [0.4, 0.5) is 0 Å². The average Bonchev–Trinajstić information content (AvgIpc) is 3.25. The molecular weight excluding hydrogens is 395 g/mol. The van der Waals surface area contributed by atoms with E-state index in [1.54, 1.807) is 0 Å². The highest BCUT2D eigenvalue weighted by Gasteiger charge is 2.51. The molecule has 2 heteroatoms. The van der Waals surface area contributed by atoms with E-state index in [1.165, 1.54) is 44.5 Å². The molecule has 0 aliphatic heterocycles. The molecule has 140 valence electrons. The number of alkyl halides is 2. The van der Waals surface area contributed by atoms with E-state index in [1.807, 2.05) is 0 Å². The average molecular weight is 413 g/mol. The van der Waals surface area contributed by atoms with E-state index < -0.39 is 0 Å². The van der Waals surface area contributed by atoms with Gasteiger partial charge < -0.3 is 0 Å². The molecule has 0 heterocycles. The quantitative estimate of drug-likeness (QED) is 0.258. The third kappa shape index (κ3) is 2.11. The van der Waals surface area contributed by atoms with Gasteiger partial charge in [0.2, 0.25) is 0 Å². The highest BCUT2D eigenvalue weighted by Crippen LogP contribution is 2.62. The van der Waals surface area contributed by atoms with Crippen LogP contribution in [0.2, 0.25) is 0 Å². The van der Waals surface area contributed by atoms with E-state index in [9.17, 15) is 0 Å². The molecule has 6 rings (SSSR count). The summed E-state index contributed by atoms with van der Waals surface area (Å²) in [6.45, 7) is 0. The maximum Gasteiger partial charge on any atom is 0.0725 e. The molecular formula is C27H18Cl2. The van der Waals surface area contributed by atoms with Crippen molar-refractivity contribution in [2.75, 3.05) is 0 Å². The number of hydrogen-bond acceptors (Lipinski definition) is 0. The van der Waals surface area contributed by atoms with Crippen molar-refractivity contribution in [2.24, 2.45) is 0 Å². The Labute approximate surface area is 180 Å². The Morgan fingerprint density at radius 1 is 0.483 bits per heavy atom.